The van der Waals surface area contributed by atoms with E-state index in [1.165, 1.54) is 37.6 Å². The topological polar surface area (TPSA) is 73.5 Å². The Balaban J connectivity index is 1.31. The average molecular weight is 533 g/mol. The summed E-state index contributed by atoms with van der Waals surface area (Å²) >= 11 is 0. The van der Waals surface area contributed by atoms with Gasteiger partial charge < -0.3 is 9.88 Å². The Morgan fingerprint density at radius 3 is 2.77 bits per heavy atom. The number of nitrogens with zero attached hydrogens (tertiary/aromatic N) is 4. The van der Waals surface area contributed by atoms with Gasteiger partial charge in [-0.2, -0.15) is 5.10 Å². The molecule has 1 aliphatic heterocycles. The van der Waals surface area contributed by atoms with E-state index in [-0.39, 0.29) is 5.82 Å². The van der Waals surface area contributed by atoms with Crippen LogP contribution in [-0.2, 0) is 0 Å². The van der Waals surface area contributed by atoms with Gasteiger partial charge in [0.1, 0.15) is 11.5 Å². The molecule has 0 saturated carbocycles. The first-order valence-corrected chi connectivity index (χ1v) is 13.9. The number of likely N-dealkylation sites (tertiary alicyclic amines) is 1. The normalized spacial score (nSPS) is 14.9. The van der Waals surface area contributed by atoms with Crippen molar-refractivity contribution >= 4 is 27.6 Å². The summed E-state index contributed by atoms with van der Waals surface area (Å²) in [6.45, 7) is 9.72. The number of hydrogen-bond acceptors (Lipinski definition) is 4. The van der Waals surface area contributed by atoms with E-state index in [9.17, 15) is 4.39 Å². The third-order valence-corrected chi connectivity index (χ3v) is 7.73. The summed E-state index contributed by atoms with van der Waals surface area (Å²) < 4.78 is 14.0. The van der Waals surface area contributed by atoms with Gasteiger partial charge in [-0.05, 0) is 105 Å². The molecule has 1 aliphatic rings. The van der Waals surface area contributed by atoms with E-state index in [2.05, 4.69) is 61.8 Å². The van der Waals surface area contributed by atoms with E-state index in [1.54, 1.807) is 18.3 Å². The molecule has 6 rings (SSSR count). The maximum atomic E-state index is 14.0. The molecular weight excluding hydrogens is 499 g/mol. The molecule has 5 aromatic rings. The van der Waals surface area contributed by atoms with Crippen molar-refractivity contribution in [3.05, 3.63) is 96.6 Å². The summed E-state index contributed by atoms with van der Waals surface area (Å²) in [4.78, 5) is 15.1. The maximum absolute atomic E-state index is 14.0. The van der Waals surface area contributed by atoms with Crippen LogP contribution in [0.5, 0.6) is 0 Å². The molecule has 1 saturated heterocycles. The Kier molecular flexibility index (Phi) is 7.38. The van der Waals surface area contributed by atoms with Crippen LogP contribution in [0, 0.1) is 5.82 Å². The molecule has 40 heavy (non-hydrogen) atoms. The highest BCUT2D eigenvalue weighted by molar-refractivity contribution is 5.99. The van der Waals surface area contributed by atoms with Gasteiger partial charge in [-0.3, -0.25) is 5.10 Å². The predicted octanol–water partition coefficient (Wildman–Crippen LogP) is 7.70. The number of nitrogens with one attached hydrogen (secondary N) is 2. The lowest BCUT2D eigenvalue weighted by molar-refractivity contribution is 0.334. The van der Waals surface area contributed by atoms with Gasteiger partial charge in [-0.15, -0.1) is 0 Å². The number of hydrogen-bond donors (Lipinski definition) is 2. The molecule has 0 spiro atoms. The van der Waals surface area contributed by atoms with Gasteiger partial charge in [0.25, 0.3) is 0 Å². The number of rotatable bonds is 9. The molecule has 2 N–H and O–H groups in total. The predicted molar refractivity (Wildman–Crippen MR) is 161 cm³/mol. The van der Waals surface area contributed by atoms with E-state index in [1.807, 2.05) is 30.5 Å². The number of allylic oxidation sites excluding steroid dienone is 5. The standard InChI is InChI=1S/C33H33FN6/c1-3-22(9-8-16-40-14-5-6-15-40)17-23(4-2)25-19-29-31(38-39-33(29)36-21-25)30-20-28-27(12-13-35-32(28)37-30)24-10-7-11-26(34)18-24/h3-4,7,10-13,17-21H,1,5-6,8-9,14-16H2,2H3,(H,35,37)(H,36,38,39)/b22-17+,23-4+. The van der Waals surface area contributed by atoms with Crippen molar-refractivity contribution < 1.29 is 4.39 Å². The number of H-pyrrole nitrogens is 2. The fourth-order valence-corrected chi connectivity index (χ4v) is 5.61. The van der Waals surface area contributed by atoms with Gasteiger partial charge in [0.2, 0.25) is 0 Å². The van der Waals surface area contributed by atoms with Crippen LogP contribution >= 0.6 is 0 Å². The highest BCUT2D eigenvalue weighted by atomic mass is 19.1. The summed E-state index contributed by atoms with van der Waals surface area (Å²) in [7, 11) is 0. The van der Waals surface area contributed by atoms with Crippen LogP contribution in [0.25, 0.3) is 50.2 Å². The van der Waals surface area contributed by atoms with Crippen molar-refractivity contribution in [3.8, 4) is 22.5 Å². The SMILES string of the molecule is C=C/C(=C\C(=C/C)c1cnc2n[nH]c(-c3cc4c(-c5cccc(F)c5)ccnc4[nH]3)c2c1)CCCN1CCCC1. The first-order chi connectivity index (χ1) is 19.6. The fraction of sp³-hybridized carbons (Fsp3) is 0.242. The summed E-state index contributed by atoms with van der Waals surface area (Å²) in [5, 5.41) is 9.45. The second-order valence-electron chi connectivity index (χ2n) is 10.3. The molecular formula is C33H33FN6. The van der Waals surface area contributed by atoms with Gasteiger partial charge in [-0.25, -0.2) is 14.4 Å². The smallest absolute Gasteiger partial charge is 0.181 e. The highest BCUT2D eigenvalue weighted by Gasteiger charge is 2.16. The van der Waals surface area contributed by atoms with Crippen LogP contribution in [0.4, 0.5) is 4.39 Å². The first kappa shape index (κ1) is 25.9. The van der Waals surface area contributed by atoms with Crippen LogP contribution in [0.1, 0.15) is 38.2 Å². The molecule has 0 radical (unpaired) electrons. The van der Waals surface area contributed by atoms with Gasteiger partial charge in [-0.1, -0.05) is 36.9 Å². The number of fused-ring (bicyclic) bond motifs is 2. The second kappa shape index (κ2) is 11.4. The van der Waals surface area contributed by atoms with E-state index >= 15 is 0 Å². The Labute approximate surface area is 233 Å². The third-order valence-electron chi connectivity index (χ3n) is 7.73. The largest absolute Gasteiger partial charge is 0.338 e. The third kappa shape index (κ3) is 5.25. The Bertz CT molecular complexity index is 1730. The Hall–Kier alpha value is -4.36. The van der Waals surface area contributed by atoms with Gasteiger partial charge in [0.15, 0.2) is 5.65 Å². The quantitative estimate of drug-likeness (QED) is 0.191. The van der Waals surface area contributed by atoms with Crippen molar-refractivity contribution in [2.45, 2.75) is 32.6 Å². The number of halogens is 1. The highest BCUT2D eigenvalue weighted by Crippen LogP contribution is 2.34. The molecule has 1 aromatic carbocycles. The summed E-state index contributed by atoms with van der Waals surface area (Å²) in [6.07, 6.45) is 14.7. The fourth-order valence-electron chi connectivity index (χ4n) is 5.61. The van der Waals surface area contributed by atoms with E-state index in [0.29, 0.717) is 5.65 Å². The zero-order valence-corrected chi connectivity index (χ0v) is 22.8. The van der Waals surface area contributed by atoms with Gasteiger partial charge in [0.05, 0.1) is 11.4 Å². The van der Waals surface area contributed by atoms with Crippen LogP contribution in [0.3, 0.4) is 0 Å². The Morgan fingerprint density at radius 2 is 1.98 bits per heavy atom. The van der Waals surface area contributed by atoms with E-state index in [4.69, 9.17) is 0 Å². The van der Waals surface area contributed by atoms with Crippen molar-refractivity contribution in [1.29, 1.82) is 0 Å². The first-order valence-electron chi connectivity index (χ1n) is 13.9. The lowest BCUT2D eigenvalue weighted by Crippen LogP contribution is -2.20. The molecule has 0 amide bonds. The van der Waals surface area contributed by atoms with Crippen LogP contribution in [0.15, 0.2) is 85.2 Å². The van der Waals surface area contributed by atoms with E-state index in [0.717, 1.165) is 69.5 Å². The minimum Gasteiger partial charge on any atom is -0.338 e. The summed E-state index contributed by atoms with van der Waals surface area (Å²) in [6, 6.07) is 12.7. The summed E-state index contributed by atoms with van der Waals surface area (Å²) in [5.74, 6) is -0.267. The minimum atomic E-state index is -0.267. The molecule has 0 aliphatic carbocycles. The number of aromatic amines is 2. The van der Waals surface area contributed by atoms with Crippen LogP contribution in [0.2, 0.25) is 0 Å². The zero-order valence-electron chi connectivity index (χ0n) is 22.8. The monoisotopic (exact) mass is 532 g/mol. The molecule has 7 heteroatoms. The molecule has 1 fully saturated rings. The minimum absolute atomic E-state index is 0.267. The van der Waals surface area contributed by atoms with Crippen molar-refractivity contribution in [2.75, 3.05) is 19.6 Å². The lowest BCUT2D eigenvalue weighted by atomic mass is 10.0. The van der Waals surface area contributed by atoms with Crippen LogP contribution in [-0.4, -0.2) is 49.7 Å². The molecule has 0 bridgehead atoms. The zero-order chi connectivity index (χ0) is 27.5. The molecule has 6 nitrogen and oxygen atoms in total. The molecule has 202 valence electrons. The van der Waals surface area contributed by atoms with Crippen molar-refractivity contribution in [3.63, 3.8) is 0 Å². The Morgan fingerprint density at radius 1 is 1.10 bits per heavy atom. The molecule has 0 unspecified atom stereocenters. The lowest BCUT2D eigenvalue weighted by Gasteiger charge is -2.14. The molecule has 5 heterocycles. The maximum Gasteiger partial charge on any atom is 0.181 e. The van der Waals surface area contributed by atoms with Gasteiger partial charge >= 0.3 is 0 Å². The number of benzene rings is 1. The number of pyridine rings is 2. The van der Waals surface area contributed by atoms with Crippen molar-refractivity contribution in [1.82, 2.24) is 30.0 Å². The van der Waals surface area contributed by atoms with Crippen molar-refractivity contribution in [2.24, 2.45) is 0 Å². The average Bonchev–Trinajstić information content (AvgIpc) is 3.74. The molecule has 0 atom stereocenters. The number of aromatic nitrogens is 5. The molecule has 4 aromatic heterocycles. The summed E-state index contributed by atoms with van der Waals surface area (Å²) in [5.41, 5.74) is 8.12. The van der Waals surface area contributed by atoms with Crippen LogP contribution < -0.4 is 0 Å². The second-order valence-corrected chi connectivity index (χ2v) is 10.3. The van der Waals surface area contributed by atoms with Gasteiger partial charge in [0, 0.05) is 28.7 Å². The van der Waals surface area contributed by atoms with E-state index < -0.39 is 0 Å².